The van der Waals surface area contributed by atoms with Crippen LogP contribution in [0.3, 0.4) is 0 Å². The molecule has 0 aromatic heterocycles. The Morgan fingerprint density at radius 1 is 1.05 bits per heavy atom. The largest absolute Gasteiger partial charge is 0.494 e. The lowest BCUT2D eigenvalue weighted by atomic mass is 9.98. The topological polar surface area (TPSA) is 41.7 Å². The Labute approximate surface area is 134 Å². The van der Waals surface area contributed by atoms with Gasteiger partial charge in [-0.1, -0.05) is 6.42 Å². The van der Waals surface area contributed by atoms with E-state index in [1.54, 1.807) is 7.11 Å². The van der Waals surface area contributed by atoms with Crippen molar-refractivity contribution in [3.8, 4) is 5.75 Å². The first-order valence-corrected chi connectivity index (χ1v) is 8.62. The summed E-state index contributed by atoms with van der Waals surface area (Å²) in [6.07, 6.45) is 6.72. The zero-order chi connectivity index (χ0) is 15.5. The molecule has 0 radical (unpaired) electrons. The summed E-state index contributed by atoms with van der Waals surface area (Å²) < 4.78 is 5.46. The molecule has 0 aliphatic carbocycles. The number of rotatable bonds is 3. The molecule has 0 atom stereocenters. The van der Waals surface area contributed by atoms with Gasteiger partial charge in [-0.05, 0) is 57.8 Å². The van der Waals surface area contributed by atoms with Crippen LogP contribution in [0.5, 0.6) is 5.75 Å². The molecular weight excluding hydrogens is 274 g/mol. The highest BCUT2D eigenvalue weighted by molar-refractivity contribution is 5.68. The van der Waals surface area contributed by atoms with Gasteiger partial charge >= 0.3 is 0 Å². The number of nitrogen functional groups attached to an aromatic ring is 1. The molecule has 22 heavy (non-hydrogen) atoms. The van der Waals surface area contributed by atoms with Gasteiger partial charge in [0.05, 0.1) is 12.8 Å². The van der Waals surface area contributed by atoms with Gasteiger partial charge in [0, 0.05) is 30.4 Å². The van der Waals surface area contributed by atoms with E-state index < -0.39 is 0 Å². The second kappa shape index (κ2) is 6.78. The SMILES string of the molecule is COc1c(N)ccc(N2CCC(N3CCCCC3)CC2)c1C. The van der Waals surface area contributed by atoms with Gasteiger partial charge in [0.1, 0.15) is 5.75 Å². The minimum absolute atomic E-state index is 0.729. The van der Waals surface area contributed by atoms with E-state index in [1.807, 2.05) is 6.07 Å². The summed E-state index contributed by atoms with van der Waals surface area (Å²) >= 11 is 0. The molecule has 0 amide bonds. The Balaban J connectivity index is 1.66. The Morgan fingerprint density at radius 3 is 2.36 bits per heavy atom. The molecular formula is C18H29N3O. The van der Waals surface area contributed by atoms with E-state index in [9.17, 15) is 0 Å². The fraction of sp³-hybridized carbons (Fsp3) is 0.667. The van der Waals surface area contributed by atoms with Gasteiger partial charge < -0.3 is 20.3 Å². The van der Waals surface area contributed by atoms with Crippen LogP contribution < -0.4 is 15.4 Å². The predicted molar refractivity (Wildman–Crippen MR) is 92.8 cm³/mol. The van der Waals surface area contributed by atoms with Crippen molar-refractivity contribution in [1.29, 1.82) is 0 Å². The van der Waals surface area contributed by atoms with E-state index in [1.165, 1.54) is 56.4 Å². The van der Waals surface area contributed by atoms with E-state index in [0.29, 0.717) is 0 Å². The van der Waals surface area contributed by atoms with Gasteiger partial charge in [-0.15, -0.1) is 0 Å². The number of hydrogen-bond acceptors (Lipinski definition) is 4. The molecule has 0 spiro atoms. The first-order chi connectivity index (χ1) is 10.7. The summed E-state index contributed by atoms with van der Waals surface area (Å²) in [5.74, 6) is 0.829. The van der Waals surface area contributed by atoms with Gasteiger partial charge in [-0.25, -0.2) is 0 Å². The maximum atomic E-state index is 6.00. The Kier molecular flexibility index (Phi) is 4.77. The highest BCUT2D eigenvalue weighted by Crippen LogP contribution is 2.35. The average molecular weight is 303 g/mol. The molecule has 4 heteroatoms. The van der Waals surface area contributed by atoms with Crippen LogP contribution in [0.25, 0.3) is 0 Å². The Morgan fingerprint density at radius 2 is 1.73 bits per heavy atom. The summed E-state index contributed by atoms with van der Waals surface area (Å²) in [7, 11) is 1.70. The summed E-state index contributed by atoms with van der Waals surface area (Å²) in [5.41, 5.74) is 9.17. The summed E-state index contributed by atoms with van der Waals surface area (Å²) in [6.45, 7) is 6.99. The third kappa shape index (κ3) is 3.02. The van der Waals surface area contributed by atoms with Gasteiger partial charge in [0.2, 0.25) is 0 Å². The Hall–Kier alpha value is -1.42. The van der Waals surface area contributed by atoms with Crippen molar-refractivity contribution >= 4 is 11.4 Å². The van der Waals surface area contributed by atoms with E-state index >= 15 is 0 Å². The maximum absolute atomic E-state index is 6.00. The molecule has 2 heterocycles. The molecule has 1 aromatic rings. The molecule has 0 bridgehead atoms. The highest BCUT2D eigenvalue weighted by Gasteiger charge is 2.26. The van der Waals surface area contributed by atoms with Crippen molar-refractivity contribution in [2.45, 2.75) is 45.1 Å². The third-order valence-electron chi connectivity index (χ3n) is 5.32. The van der Waals surface area contributed by atoms with Gasteiger partial charge in [-0.3, -0.25) is 0 Å². The second-order valence-corrected chi connectivity index (χ2v) is 6.65. The van der Waals surface area contributed by atoms with Crippen LogP contribution >= 0.6 is 0 Å². The summed E-state index contributed by atoms with van der Waals surface area (Å²) in [4.78, 5) is 5.22. The minimum atomic E-state index is 0.729. The quantitative estimate of drug-likeness (QED) is 0.872. The molecule has 122 valence electrons. The van der Waals surface area contributed by atoms with Gasteiger partial charge in [-0.2, -0.15) is 0 Å². The van der Waals surface area contributed by atoms with Crippen molar-refractivity contribution in [3.05, 3.63) is 17.7 Å². The van der Waals surface area contributed by atoms with Crippen molar-refractivity contribution in [1.82, 2.24) is 4.90 Å². The fourth-order valence-electron chi connectivity index (χ4n) is 4.07. The molecule has 2 aliphatic heterocycles. The van der Waals surface area contributed by atoms with Crippen LogP contribution in [0.15, 0.2) is 12.1 Å². The lowest BCUT2D eigenvalue weighted by Gasteiger charge is -2.41. The van der Waals surface area contributed by atoms with Crippen molar-refractivity contribution in [2.24, 2.45) is 0 Å². The smallest absolute Gasteiger partial charge is 0.146 e. The van der Waals surface area contributed by atoms with E-state index in [0.717, 1.165) is 30.6 Å². The number of ether oxygens (including phenoxy) is 1. The van der Waals surface area contributed by atoms with E-state index in [-0.39, 0.29) is 0 Å². The molecule has 2 N–H and O–H groups in total. The average Bonchev–Trinajstić information content (AvgIpc) is 2.56. The number of anilines is 2. The van der Waals surface area contributed by atoms with Gasteiger partial charge in [0.25, 0.3) is 0 Å². The number of nitrogens with two attached hydrogens (primary N) is 1. The normalized spacial score (nSPS) is 21.1. The van der Waals surface area contributed by atoms with E-state index in [4.69, 9.17) is 10.5 Å². The number of likely N-dealkylation sites (tertiary alicyclic amines) is 1. The van der Waals surface area contributed by atoms with Crippen molar-refractivity contribution in [3.63, 3.8) is 0 Å². The second-order valence-electron chi connectivity index (χ2n) is 6.65. The molecule has 0 unspecified atom stereocenters. The Bertz CT molecular complexity index is 503. The van der Waals surface area contributed by atoms with Crippen LogP contribution in [-0.2, 0) is 0 Å². The highest BCUT2D eigenvalue weighted by atomic mass is 16.5. The van der Waals surface area contributed by atoms with Crippen molar-refractivity contribution in [2.75, 3.05) is 43.9 Å². The monoisotopic (exact) mass is 303 g/mol. The third-order valence-corrected chi connectivity index (χ3v) is 5.32. The van der Waals surface area contributed by atoms with Crippen LogP contribution in [0.4, 0.5) is 11.4 Å². The molecule has 4 nitrogen and oxygen atoms in total. The maximum Gasteiger partial charge on any atom is 0.146 e. The van der Waals surface area contributed by atoms with E-state index in [2.05, 4.69) is 22.8 Å². The zero-order valence-corrected chi connectivity index (χ0v) is 14.0. The van der Waals surface area contributed by atoms with Crippen LogP contribution in [-0.4, -0.2) is 44.2 Å². The standard InChI is InChI=1S/C18H29N3O/c1-14-17(7-6-16(19)18(14)22-2)21-12-8-15(9-13-21)20-10-4-3-5-11-20/h6-7,15H,3-5,8-13,19H2,1-2H3. The molecule has 2 aliphatic rings. The summed E-state index contributed by atoms with van der Waals surface area (Å²) in [6, 6.07) is 4.90. The number of methoxy groups -OCH3 is 1. The number of benzene rings is 1. The lowest BCUT2D eigenvalue weighted by molar-refractivity contribution is 0.141. The molecule has 2 fully saturated rings. The molecule has 2 saturated heterocycles. The minimum Gasteiger partial charge on any atom is -0.494 e. The first kappa shape index (κ1) is 15.5. The molecule has 3 rings (SSSR count). The number of hydrogen-bond donors (Lipinski definition) is 1. The molecule has 1 aromatic carbocycles. The van der Waals surface area contributed by atoms with Crippen molar-refractivity contribution < 1.29 is 4.74 Å². The zero-order valence-electron chi connectivity index (χ0n) is 14.0. The van der Waals surface area contributed by atoms with Crippen LogP contribution in [0.2, 0.25) is 0 Å². The van der Waals surface area contributed by atoms with Crippen LogP contribution in [0.1, 0.15) is 37.7 Å². The first-order valence-electron chi connectivity index (χ1n) is 8.62. The number of nitrogens with zero attached hydrogens (tertiary/aromatic N) is 2. The van der Waals surface area contributed by atoms with Gasteiger partial charge in [0.15, 0.2) is 0 Å². The fourth-order valence-corrected chi connectivity index (χ4v) is 4.07. The number of piperidine rings is 2. The molecule has 0 saturated carbocycles. The predicted octanol–water partition coefficient (Wildman–Crippen LogP) is 3.04. The van der Waals surface area contributed by atoms with Crippen LogP contribution in [0, 0.1) is 6.92 Å². The summed E-state index contributed by atoms with van der Waals surface area (Å²) in [5, 5.41) is 0. The lowest BCUT2D eigenvalue weighted by Crippen LogP contribution is -2.46.